The molecule has 8 nitrogen and oxygen atoms in total. The quantitative estimate of drug-likeness (QED) is 0.695. The number of nitrogens with one attached hydrogen (secondary N) is 1. The molecule has 2 aromatic rings. The van der Waals surface area contributed by atoms with Crippen molar-refractivity contribution in [3.05, 3.63) is 41.3 Å². The summed E-state index contributed by atoms with van der Waals surface area (Å²) in [4.78, 5) is 24.6. The highest BCUT2D eigenvalue weighted by Crippen LogP contribution is 2.29. The zero-order chi connectivity index (χ0) is 23.0. The monoisotopic (exact) mass is 485 g/mol. The molecule has 1 aromatic heterocycles. The Kier molecular flexibility index (Phi) is 6.22. The van der Waals surface area contributed by atoms with Gasteiger partial charge in [-0.3, -0.25) is 4.79 Å². The minimum atomic E-state index is -3.75. The standard InChI is InChI=1S/C20H22ClF2N5O3S/c1-32(30,31)13-8-14(22)19(15(23)9-13)26-16-4-7-28(20(16)29)12-2-5-27(6-3-12)18-11-24-17(21)10-25-18/h8-12,16,26H,2-7H2,1H3. The molecule has 12 heteroatoms. The van der Waals surface area contributed by atoms with Gasteiger partial charge >= 0.3 is 0 Å². The van der Waals surface area contributed by atoms with E-state index in [4.69, 9.17) is 11.6 Å². The summed E-state index contributed by atoms with van der Waals surface area (Å²) in [6, 6.07) is 0.761. The molecule has 0 spiro atoms. The highest BCUT2D eigenvalue weighted by Gasteiger charge is 2.38. The molecule has 0 radical (unpaired) electrons. The van der Waals surface area contributed by atoms with Crippen molar-refractivity contribution in [2.45, 2.75) is 36.2 Å². The molecule has 0 saturated carbocycles. The summed E-state index contributed by atoms with van der Waals surface area (Å²) in [6.07, 6.45) is 5.83. The smallest absolute Gasteiger partial charge is 0.245 e. The van der Waals surface area contributed by atoms with Gasteiger partial charge in [-0.05, 0) is 31.4 Å². The van der Waals surface area contributed by atoms with Gasteiger partial charge in [0, 0.05) is 31.9 Å². The third-order valence-electron chi connectivity index (χ3n) is 5.84. The fourth-order valence-corrected chi connectivity index (χ4v) is 4.88. The predicted octanol–water partition coefficient (Wildman–Crippen LogP) is 2.49. The number of sulfone groups is 1. The number of hydrogen-bond acceptors (Lipinski definition) is 7. The molecule has 3 heterocycles. The van der Waals surface area contributed by atoms with Gasteiger partial charge in [-0.1, -0.05) is 11.6 Å². The first-order chi connectivity index (χ1) is 15.1. The molecule has 1 N–H and O–H groups in total. The Morgan fingerprint density at radius 1 is 1.06 bits per heavy atom. The largest absolute Gasteiger partial charge is 0.369 e. The fraction of sp³-hybridized carbons (Fsp3) is 0.450. The van der Waals surface area contributed by atoms with Crippen molar-refractivity contribution in [3.8, 4) is 0 Å². The van der Waals surface area contributed by atoms with E-state index in [1.807, 2.05) is 0 Å². The summed E-state index contributed by atoms with van der Waals surface area (Å²) in [7, 11) is -3.75. The Balaban J connectivity index is 1.39. The highest BCUT2D eigenvalue weighted by molar-refractivity contribution is 7.90. The van der Waals surface area contributed by atoms with Gasteiger partial charge < -0.3 is 15.1 Å². The lowest BCUT2D eigenvalue weighted by molar-refractivity contribution is -0.130. The fourth-order valence-electron chi connectivity index (χ4n) is 4.15. The van der Waals surface area contributed by atoms with Crippen molar-refractivity contribution in [1.82, 2.24) is 14.9 Å². The van der Waals surface area contributed by atoms with Gasteiger partial charge in [-0.2, -0.15) is 0 Å². The van der Waals surface area contributed by atoms with Gasteiger partial charge in [-0.25, -0.2) is 27.2 Å². The average molecular weight is 486 g/mol. The molecule has 1 unspecified atom stereocenters. The van der Waals surface area contributed by atoms with Crippen LogP contribution in [0, 0.1) is 11.6 Å². The van der Waals surface area contributed by atoms with Crippen LogP contribution in [0.2, 0.25) is 5.15 Å². The maximum Gasteiger partial charge on any atom is 0.245 e. The summed E-state index contributed by atoms with van der Waals surface area (Å²) in [6.45, 7) is 1.87. The number of carbonyl (C=O) groups is 1. The lowest BCUT2D eigenvalue weighted by atomic mass is 10.0. The zero-order valence-electron chi connectivity index (χ0n) is 17.3. The van der Waals surface area contributed by atoms with Gasteiger partial charge in [-0.15, -0.1) is 0 Å². The number of carbonyl (C=O) groups excluding carboxylic acids is 1. The van der Waals surface area contributed by atoms with Crippen molar-refractivity contribution in [1.29, 1.82) is 0 Å². The van der Waals surface area contributed by atoms with Crippen LogP contribution in [0.3, 0.4) is 0 Å². The number of piperidine rings is 1. The summed E-state index contributed by atoms with van der Waals surface area (Å²) < 4.78 is 51.9. The predicted molar refractivity (Wildman–Crippen MR) is 115 cm³/mol. The molecule has 0 aliphatic carbocycles. The van der Waals surface area contributed by atoms with Crippen molar-refractivity contribution in [2.24, 2.45) is 0 Å². The molecule has 2 aliphatic heterocycles. The molecule has 0 bridgehead atoms. The molecule has 2 aliphatic rings. The second kappa shape index (κ2) is 8.78. The maximum atomic E-state index is 14.4. The van der Waals surface area contributed by atoms with Gasteiger partial charge in [0.05, 0.1) is 17.3 Å². The Hall–Kier alpha value is -2.53. The Bertz CT molecular complexity index is 1100. The molecule has 1 atom stereocenters. The number of hydrogen-bond donors (Lipinski definition) is 1. The number of aromatic nitrogens is 2. The van der Waals surface area contributed by atoms with E-state index in [0.717, 1.165) is 37.0 Å². The van der Waals surface area contributed by atoms with Crippen LogP contribution < -0.4 is 10.2 Å². The van der Waals surface area contributed by atoms with Crippen LogP contribution >= 0.6 is 11.6 Å². The van der Waals surface area contributed by atoms with Crippen LogP contribution in [-0.4, -0.2) is 67.2 Å². The molecule has 2 fully saturated rings. The Labute approximate surface area is 189 Å². The molecule has 1 aromatic carbocycles. The van der Waals surface area contributed by atoms with Crippen LogP contribution in [0.1, 0.15) is 19.3 Å². The van der Waals surface area contributed by atoms with Crippen LogP contribution in [0.25, 0.3) is 0 Å². The van der Waals surface area contributed by atoms with Crippen molar-refractivity contribution < 1.29 is 22.0 Å². The Morgan fingerprint density at radius 2 is 1.72 bits per heavy atom. The molecule has 172 valence electrons. The minimum Gasteiger partial charge on any atom is -0.369 e. The van der Waals surface area contributed by atoms with Crippen LogP contribution in [0.4, 0.5) is 20.3 Å². The summed E-state index contributed by atoms with van der Waals surface area (Å²) in [5, 5.41) is 2.96. The number of rotatable bonds is 5. The van der Waals surface area contributed by atoms with E-state index < -0.39 is 38.1 Å². The first-order valence-electron chi connectivity index (χ1n) is 10.1. The summed E-state index contributed by atoms with van der Waals surface area (Å²) in [5.41, 5.74) is -0.492. The summed E-state index contributed by atoms with van der Waals surface area (Å²) in [5.74, 6) is -1.59. The second-order valence-corrected chi connectivity index (χ2v) is 10.4. The number of anilines is 2. The normalized spacial score (nSPS) is 20.1. The van der Waals surface area contributed by atoms with Gasteiger partial charge in [0.15, 0.2) is 21.5 Å². The first kappa shape index (κ1) is 22.7. The van der Waals surface area contributed by atoms with Gasteiger partial charge in [0.1, 0.15) is 22.7 Å². The molecule has 4 rings (SSSR count). The van der Waals surface area contributed by atoms with E-state index in [9.17, 15) is 22.0 Å². The van der Waals surface area contributed by atoms with Crippen LogP contribution in [0.5, 0.6) is 0 Å². The molecular formula is C20H22ClF2N5O3S. The van der Waals surface area contributed by atoms with Crippen LogP contribution in [-0.2, 0) is 14.6 Å². The first-order valence-corrected chi connectivity index (χ1v) is 12.4. The maximum absolute atomic E-state index is 14.4. The Morgan fingerprint density at radius 3 is 2.28 bits per heavy atom. The van der Waals surface area contributed by atoms with E-state index in [0.29, 0.717) is 31.2 Å². The molecule has 2 saturated heterocycles. The lowest BCUT2D eigenvalue weighted by Crippen LogP contribution is -2.47. The molecule has 32 heavy (non-hydrogen) atoms. The third kappa shape index (κ3) is 4.63. The lowest BCUT2D eigenvalue weighted by Gasteiger charge is -2.37. The number of amides is 1. The van der Waals surface area contributed by atoms with Crippen molar-refractivity contribution in [2.75, 3.05) is 36.1 Å². The van der Waals surface area contributed by atoms with Crippen LogP contribution in [0.15, 0.2) is 29.4 Å². The summed E-state index contributed by atoms with van der Waals surface area (Å²) >= 11 is 5.78. The van der Waals surface area contributed by atoms with Gasteiger partial charge in [0.2, 0.25) is 5.91 Å². The highest BCUT2D eigenvalue weighted by atomic mass is 35.5. The number of nitrogens with zero attached hydrogens (tertiary/aromatic N) is 4. The van der Waals surface area contributed by atoms with E-state index in [1.165, 1.54) is 6.20 Å². The number of benzene rings is 1. The topological polar surface area (TPSA) is 95.5 Å². The average Bonchev–Trinajstić information content (AvgIpc) is 3.11. The second-order valence-electron chi connectivity index (χ2n) is 7.97. The van der Waals surface area contributed by atoms with Crippen molar-refractivity contribution >= 4 is 38.9 Å². The number of halogens is 3. The number of likely N-dealkylation sites (tertiary alicyclic amines) is 1. The van der Waals surface area contributed by atoms with Gasteiger partial charge in [0.25, 0.3) is 0 Å². The SMILES string of the molecule is CS(=O)(=O)c1cc(F)c(NC2CCN(C3CCN(c4cnc(Cl)cn4)CC3)C2=O)c(F)c1. The molecular weight excluding hydrogens is 464 g/mol. The third-order valence-corrected chi connectivity index (χ3v) is 7.13. The van der Waals surface area contributed by atoms with E-state index >= 15 is 0 Å². The van der Waals surface area contributed by atoms with Crippen molar-refractivity contribution in [3.63, 3.8) is 0 Å². The molecule has 1 amide bonds. The van der Waals surface area contributed by atoms with E-state index in [2.05, 4.69) is 20.2 Å². The van der Waals surface area contributed by atoms with E-state index in [-0.39, 0.29) is 11.9 Å². The minimum absolute atomic E-state index is 0.0214. The van der Waals surface area contributed by atoms with E-state index in [1.54, 1.807) is 11.1 Å². The zero-order valence-corrected chi connectivity index (χ0v) is 18.8.